The predicted molar refractivity (Wildman–Crippen MR) is 209 cm³/mol. The van der Waals surface area contributed by atoms with Gasteiger partial charge in [0.2, 0.25) is 5.82 Å². The summed E-state index contributed by atoms with van der Waals surface area (Å²) in [6.07, 6.45) is 10.1. The van der Waals surface area contributed by atoms with Crippen LogP contribution in [-0.4, -0.2) is 67.4 Å². The molecular formula is C31H61N15O3. The normalized spacial score (nSPS) is 11.9. The van der Waals surface area contributed by atoms with E-state index in [4.69, 9.17) is 60.5 Å². The summed E-state index contributed by atoms with van der Waals surface area (Å²) in [4.78, 5) is 37.6. The smallest absolute Gasteiger partial charge is 0.232 e. The Hall–Kier alpha value is -7.23. The molecule has 4 heterocycles. The zero-order valence-electron chi connectivity index (χ0n) is 52.3. The van der Waals surface area contributed by atoms with Crippen molar-refractivity contribution in [3.63, 3.8) is 0 Å². The first-order valence-electron chi connectivity index (χ1n) is 26.8. The first-order valence-corrected chi connectivity index (χ1v) is 13.8. The molecule has 4 aromatic heterocycles. The number of carbonyl (C=O) groups is 1. The number of hydrazine groups is 1. The van der Waals surface area contributed by atoms with E-state index in [-0.39, 0.29) is 24.6 Å². The van der Waals surface area contributed by atoms with Crippen molar-refractivity contribution < 1.29 is 55.0 Å². The highest BCUT2D eigenvalue weighted by Gasteiger charge is 2.12. The van der Waals surface area contributed by atoms with Crippen LogP contribution in [0.4, 0.5) is 0 Å². The van der Waals surface area contributed by atoms with Gasteiger partial charge in [-0.05, 0) is 56.3 Å². The number of carbonyl (C=O) groups excluding carboxylic acids is 1. The van der Waals surface area contributed by atoms with E-state index in [0.717, 1.165) is 11.1 Å². The lowest BCUT2D eigenvalue weighted by Gasteiger charge is -2.00. The second-order valence-electron chi connectivity index (χ2n) is 9.05. The lowest BCUT2D eigenvalue weighted by molar-refractivity contribution is 0.112. The van der Waals surface area contributed by atoms with Crippen molar-refractivity contribution in [2.75, 3.05) is 0 Å². The van der Waals surface area contributed by atoms with Gasteiger partial charge in [0.05, 0.1) is 11.1 Å². The Morgan fingerprint density at radius 2 is 1.39 bits per heavy atom. The quantitative estimate of drug-likeness (QED) is 0.0404. The number of aryl methyl sites for hydroxylation is 2. The molecule has 0 fully saturated rings. The van der Waals surface area contributed by atoms with Crippen molar-refractivity contribution in [2.24, 2.45) is 28.4 Å². The van der Waals surface area contributed by atoms with E-state index in [1.165, 1.54) is 18.5 Å². The van der Waals surface area contributed by atoms with Gasteiger partial charge in [-0.3, -0.25) is 21.6 Å². The molecule has 6 aromatic rings. The molecule has 0 saturated carbocycles. The Labute approximate surface area is 321 Å². The average molecular weight is 746 g/mol. The molecule has 278 valence electrons. The van der Waals surface area contributed by atoms with Crippen LogP contribution in [0.1, 0.15) is 73.2 Å². The Bertz CT molecular complexity index is 2000. The molecule has 0 radical (unpaired) electrons. The summed E-state index contributed by atoms with van der Waals surface area (Å²) >= 11 is 0. The molecule has 0 unspecified atom stereocenters. The zero-order chi connectivity index (χ0) is 62.0. The van der Waals surface area contributed by atoms with Crippen LogP contribution in [0.25, 0.3) is 23.0 Å². The molecule has 6 rings (SSSR count). The highest BCUT2D eigenvalue weighted by atomic mass is 16.3. The molecule has 49 heavy (non-hydrogen) atoms. The number of aldehydes is 1. The summed E-state index contributed by atoms with van der Waals surface area (Å²) in [7, 11) is 0. The van der Waals surface area contributed by atoms with Gasteiger partial charge in [-0.15, -0.1) is 0 Å². The molecule has 2 aromatic carbocycles. The number of phenols is 2. The van der Waals surface area contributed by atoms with Gasteiger partial charge in [0.25, 0.3) is 0 Å². The molecule has 18 nitrogen and oxygen atoms in total. The summed E-state index contributed by atoms with van der Waals surface area (Å²) in [5, 5.41) is 37.1. The number of amidine groups is 1. The molecule has 0 saturated heterocycles. The fraction of sp³-hybridized carbons (Fsp3) is 0.0645. The average Bonchev–Trinajstić information content (AvgIpc) is 4.05. The Morgan fingerprint density at radius 1 is 0.857 bits per heavy atom. The van der Waals surface area contributed by atoms with Crippen LogP contribution in [0, 0.1) is 25.2 Å². The van der Waals surface area contributed by atoms with Gasteiger partial charge in [0.1, 0.15) is 17.6 Å². The number of phenolic OH excluding ortho intramolecular Hbond substituents is 2. The largest absolute Gasteiger partial charge is 0.507 e. The van der Waals surface area contributed by atoms with Crippen molar-refractivity contribution in [3.05, 3.63) is 120 Å². The zero-order valence-corrected chi connectivity index (χ0v) is 26.3. The number of benzene rings is 2. The standard InChI is InChI=1S/C13H11N5O.C8H8O2.C5H7N5.C5H3N3.H4N2.14H2/c1-8-3-4-10(19)9(7-8)11-16-13(18-17-11)12-14-5-2-6-15-12;1-6-2-3-8(10)7(4-6)5-9;6-4(10-7)5-8-2-1-3-9-5;6-4-5-7-2-1-3-8-5;1-2;;;;;;;;;;;;;;/h2-7,19H,1H3,(H,16,17,18);2-5,10H,1H3;1-3H,7H2,(H2,6,10);1-3H;1-2H2;14*1H/i;;;;;13*1+2T;1+2. The van der Waals surface area contributed by atoms with Gasteiger partial charge < -0.3 is 21.8 Å². The van der Waals surface area contributed by atoms with Gasteiger partial charge in [0, 0.05) is 77.2 Å². The van der Waals surface area contributed by atoms with Crippen molar-refractivity contribution in [3.8, 4) is 40.6 Å². The van der Waals surface area contributed by atoms with Crippen molar-refractivity contribution in [1.29, 1.82) is 5.26 Å². The first-order chi connectivity index (χ1) is 36.7. The molecule has 18 heteroatoms. The van der Waals surface area contributed by atoms with E-state index in [1.807, 2.05) is 26.0 Å². The number of nitriles is 1. The maximum Gasteiger partial charge on any atom is 0.232 e. The number of nitrogens with two attached hydrogens (primary N) is 4. The maximum atomic E-state index is 10.2. The van der Waals surface area contributed by atoms with Gasteiger partial charge >= 0.3 is 0 Å². The third-order valence-electron chi connectivity index (χ3n) is 5.57. The number of H-pyrrole nitrogens is 1. The van der Waals surface area contributed by atoms with Crippen LogP contribution in [0.2, 0.25) is 0 Å². The number of rotatable bonds is 4. The minimum absolute atomic E-state index is 0. The van der Waals surface area contributed by atoms with E-state index < -0.39 is 0 Å². The van der Waals surface area contributed by atoms with Gasteiger partial charge in [0.15, 0.2) is 35.4 Å². The van der Waals surface area contributed by atoms with Crippen LogP contribution in [0.3, 0.4) is 0 Å². The molecule has 0 spiro atoms. The summed E-state index contributed by atoms with van der Waals surface area (Å²) in [5.74, 6) is 15.1. The number of hydrazone groups is 1. The third kappa shape index (κ3) is 12.6. The fourth-order valence-corrected chi connectivity index (χ4v) is 3.35. The van der Waals surface area contributed by atoms with Crippen molar-refractivity contribution >= 4 is 12.1 Å². The number of nitrogens with one attached hydrogen (secondary N) is 1. The molecule has 0 amide bonds. The van der Waals surface area contributed by atoms with Crippen LogP contribution in [0.5, 0.6) is 11.5 Å². The second kappa shape index (κ2) is 20.7. The third-order valence-corrected chi connectivity index (χ3v) is 5.57. The van der Waals surface area contributed by atoms with E-state index in [1.54, 1.807) is 67.3 Å². The summed E-state index contributed by atoms with van der Waals surface area (Å²) in [6, 6.07) is 17.1. The summed E-state index contributed by atoms with van der Waals surface area (Å²) in [5.41, 5.74) is 8.22. The predicted octanol–water partition coefficient (Wildman–Crippen LogP) is 5.12. The minimum Gasteiger partial charge on any atom is -0.507 e. The highest BCUT2D eigenvalue weighted by Crippen LogP contribution is 2.28. The number of aromatic nitrogens is 9. The molecular weight excluding hydrogens is 630 g/mol. The van der Waals surface area contributed by atoms with Crippen LogP contribution >= 0.6 is 0 Å². The fourth-order valence-electron chi connectivity index (χ4n) is 3.35. The molecule has 0 aliphatic rings. The highest BCUT2D eigenvalue weighted by molar-refractivity contribution is 5.93. The number of aromatic hydroxyl groups is 2. The monoisotopic (exact) mass is 746 g/mol. The molecule has 0 aliphatic heterocycles. The van der Waals surface area contributed by atoms with Crippen molar-refractivity contribution in [1.82, 2.24) is 45.1 Å². The number of hydrogen-bond acceptors (Lipinski definition) is 16. The van der Waals surface area contributed by atoms with Crippen molar-refractivity contribution in [2.45, 2.75) is 13.8 Å². The Balaban J connectivity index is -0.0000000560. The van der Waals surface area contributed by atoms with Gasteiger partial charge in [-0.25, -0.2) is 34.9 Å². The molecule has 0 atom stereocenters. The topological polar surface area (TPSA) is 317 Å². The molecule has 11 N–H and O–H groups in total. The van der Waals surface area contributed by atoms with E-state index >= 15 is 0 Å². The lowest BCUT2D eigenvalue weighted by Crippen LogP contribution is -2.18. The SMILES string of the molecule is Cc1ccc(O)c(-c2n[nH]c(-c3ncccn3)n2)c1.Cc1ccc(O)c(C=O)c1.N#Cc1ncccn1.N/N=C(\N)c1ncccn1.NN.[3HH].[3H][3H].[3H][3H].[3H][3H].[3H][3H].[3H][3H].[3H][3H].[3H][3H].[3H][3H].[3H][3H].[3H][3H].[3H][3H].[3H][3H].[3H][3H]. The van der Waals surface area contributed by atoms with Gasteiger partial charge in [-0.1, -0.05) is 23.3 Å². The number of aromatic amines is 1. The summed E-state index contributed by atoms with van der Waals surface area (Å²) < 4.78 is 130. The van der Waals surface area contributed by atoms with Crippen LogP contribution < -0.4 is 23.3 Å². The first kappa shape index (κ1) is 22.3. The second-order valence-corrected chi connectivity index (χ2v) is 9.05. The Morgan fingerprint density at radius 3 is 1.90 bits per heavy atom. The molecule has 0 bridgehead atoms. The minimum atomic E-state index is 0. The maximum absolute atomic E-state index is 10.2. The van der Waals surface area contributed by atoms with Crippen LogP contribution in [0.15, 0.2) is 96.9 Å². The number of hydrogen-bond donors (Lipinski definition) is 7. The number of nitrogens with zero attached hydrogens (tertiary/aromatic N) is 10. The van der Waals surface area contributed by atoms with E-state index in [0.29, 0.717) is 40.7 Å². The lowest BCUT2D eigenvalue weighted by atomic mass is 10.1. The summed E-state index contributed by atoms with van der Waals surface area (Å²) in [6.45, 7) is 3.81. The van der Waals surface area contributed by atoms with E-state index in [9.17, 15) is 9.90 Å². The van der Waals surface area contributed by atoms with Crippen LogP contribution in [-0.2, 0) is 0 Å². The van der Waals surface area contributed by atoms with Gasteiger partial charge in [-0.2, -0.15) is 15.5 Å². The van der Waals surface area contributed by atoms with E-state index in [2.05, 4.69) is 61.9 Å². The Kier molecular flexibility index (Phi) is 9.44. The molecule has 0 aliphatic carbocycles.